The van der Waals surface area contributed by atoms with Gasteiger partial charge in [-0.25, -0.2) is 0 Å². The quantitative estimate of drug-likeness (QED) is 0.838. The molecule has 1 aromatic heterocycles. The average Bonchev–Trinajstić information content (AvgIpc) is 2.72. The van der Waals surface area contributed by atoms with Crippen molar-refractivity contribution in [1.82, 2.24) is 20.4 Å². The number of hydrogen-bond donors (Lipinski definition) is 2. The Kier molecular flexibility index (Phi) is 5.40. The fraction of sp³-hybridized carbons (Fsp3) is 0.733. The molecule has 2 N–H and O–H groups in total. The Balaban J connectivity index is 1.85. The maximum atomic E-state index is 5.41. The molecule has 1 aromatic rings. The van der Waals surface area contributed by atoms with Gasteiger partial charge in [0.25, 0.3) is 0 Å². The lowest BCUT2D eigenvalue weighted by Gasteiger charge is -2.24. The predicted molar refractivity (Wildman–Crippen MR) is 86.8 cm³/mol. The molecule has 0 radical (unpaired) electrons. The molecule has 0 amide bonds. The van der Waals surface area contributed by atoms with Gasteiger partial charge in [-0.1, -0.05) is 19.3 Å². The Bertz CT molecular complexity index is 461. The van der Waals surface area contributed by atoms with Crippen molar-refractivity contribution in [1.29, 1.82) is 0 Å². The summed E-state index contributed by atoms with van der Waals surface area (Å²) in [6.07, 6.45) is 6.50. The summed E-state index contributed by atoms with van der Waals surface area (Å²) in [5.74, 6) is 0. The molecule has 0 aromatic carbocycles. The summed E-state index contributed by atoms with van der Waals surface area (Å²) in [5.41, 5.74) is 3.59. The average molecular weight is 294 g/mol. The molecule has 0 saturated heterocycles. The fourth-order valence-electron chi connectivity index (χ4n) is 2.95. The zero-order valence-electron chi connectivity index (χ0n) is 12.8. The van der Waals surface area contributed by atoms with E-state index in [2.05, 4.69) is 36.5 Å². The minimum atomic E-state index is 0.560. The van der Waals surface area contributed by atoms with E-state index in [9.17, 15) is 0 Å². The van der Waals surface area contributed by atoms with Crippen LogP contribution in [0.25, 0.3) is 0 Å². The molecule has 1 saturated carbocycles. The van der Waals surface area contributed by atoms with E-state index < -0.39 is 0 Å². The first-order valence-corrected chi connectivity index (χ1v) is 8.10. The van der Waals surface area contributed by atoms with E-state index in [1.165, 1.54) is 43.4 Å². The number of rotatable bonds is 4. The van der Waals surface area contributed by atoms with Gasteiger partial charge in [-0.15, -0.1) is 0 Å². The number of aryl methyl sites for hydroxylation is 2. The second-order valence-electron chi connectivity index (χ2n) is 5.63. The van der Waals surface area contributed by atoms with Crippen LogP contribution in [0.1, 0.15) is 56.0 Å². The Morgan fingerprint density at radius 2 is 2.00 bits per heavy atom. The summed E-state index contributed by atoms with van der Waals surface area (Å²) in [5, 5.41) is 12.1. The predicted octanol–water partition coefficient (Wildman–Crippen LogP) is 2.82. The van der Waals surface area contributed by atoms with Gasteiger partial charge in [0.05, 0.1) is 5.69 Å². The standard InChI is InChI=1S/C15H26N4S/c1-4-19-12(3)14(11(2)18-19)10-16-15(20)17-13-8-6-5-7-9-13/h13H,4-10H2,1-3H3,(H2,16,17,20). The van der Waals surface area contributed by atoms with E-state index in [0.717, 1.165) is 23.9 Å². The van der Waals surface area contributed by atoms with Crippen LogP contribution in [0.4, 0.5) is 0 Å². The van der Waals surface area contributed by atoms with Crippen LogP contribution in [-0.2, 0) is 13.1 Å². The number of nitrogens with one attached hydrogen (secondary N) is 2. The van der Waals surface area contributed by atoms with Crippen molar-refractivity contribution >= 4 is 17.3 Å². The van der Waals surface area contributed by atoms with Crippen LogP contribution in [0, 0.1) is 13.8 Å². The third kappa shape index (κ3) is 3.72. The Labute approximate surface area is 127 Å². The molecule has 0 unspecified atom stereocenters. The summed E-state index contributed by atoms with van der Waals surface area (Å²) in [6, 6.07) is 0.560. The van der Waals surface area contributed by atoms with Crippen LogP contribution in [0.5, 0.6) is 0 Å². The van der Waals surface area contributed by atoms with E-state index in [4.69, 9.17) is 12.2 Å². The zero-order valence-corrected chi connectivity index (χ0v) is 13.6. The van der Waals surface area contributed by atoms with Gasteiger partial charge in [-0.2, -0.15) is 5.10 Å². The van der Waals surface area contributed by atoms with Crippen LogP contribution in [0.15, 0.2) is 0 Å². The summed E-state index contributed by atoms with van der Waals surface area (Å²) in [6.45, 7) is 7.98. The fourth-order valence-corrected chi connectivity index (χ4v) is 3.19. The molecular formula is C15H26N4S. The molecule has 0 atom stereocenters. The molecule has 112 valence electrons. The molecule has 4 nitrogen and oxygen atoms in total. The highest BCUT2D eigenvalue weighted by Crippen LogP contribution is 2.17. The highest BCUT2D eigenvalue weighted by atomic mass is 32.1. The first-order chi connectivity index (χ1) is 9.61. The molecule has 5 heteroatoms. The number of thiocarbonyl (C=S) groups is 1. The third-order valence-corrected chi connectivity index (χ3v) is 4.46. The van der Waals surface area contributed by atoms with Gasteiger partial charge < -0.3 is 10.6 Å². The normalized spacial score (nSPS) is 16.1. The van der Waals surface area contributed by atoms with Gasteiger partial charge in [0.15, 0.2) is 5.11 Å². The van der Waals surface area contributed by atoms with Crippen molar-refractivity contribution < 1.29 is 0 Å². The molecule has 1 aliphatic rings. The van der Waals surface area contributed by atoms with E-state index in [-0.39, 0.29) is 0 Å². The van der Waals surface area contributed by atoms with E-state index in [0.29, 0.717) is 6.04 Å². The molecule has 1 heterocycles. The van der Waals surface area contributed by atoms with Crippen LogP contribution in [0.2, 0.25) is 0 Å². The van der Waals surface area contributed by atoms with Crippen LogP contribution >= 0.6 is 12.2 Å². The maximum absolute atomic E-state index is 5.41. The largest absolute Gasteiger partial charge is 0.360 e. The summed E-state index contributed by atoms with van der Waals surface area (Å²) in [7, 11) is 0. The lowest BCUT2D eigenvalue weighted by atomic mass is 9.96. The smallest absolute Gasteiger partial charge is 0.166 e. The van der Waals surface area contributed by atoms with Gasteiger partial charge in [-0.05, 0) is 45.8 Å². The maximum Gasteiger partial charge on any atom is 0.166 e. The summed E-state index contributed by atoms with van der Waals surface area (Å²) in [4.78, 5) is 0. The zero-order chi connectivity index (χ0) is 14.5. The second-order valence-corrected chi connectivity index (χ2v) is 6.04. The van der Waals surface area contributed by atoms with Crippen molar-refractivity contribution in [3.05, 3.63) is 17.0 Å². The Morgan fingerprint density at radius 3 is 2.60 bits per heavy atom. The van der Waals surface area contributed by atoms with Crippen molar-refractivity contribution in [2.75, 3.05) is 0 Å². The minimum absolute atomic E-state index is 0.560. The number of aromatic nitrogens is 2. The minimum Gasteiger partial charge on any atom is -0.360 e. The van der Waals surface area contributed by atoms with Crippen LogP contribution < -0.4 is 10.6 Å². The summed E-state index contributed by atoms with van der Waals surface area (Å²) >= 11 is 5.41. The lowest BCUT2D eigenvalue weighted by Crippen LogP contribution is -2.42. The van der Waals surface area contributed by atoms with E-state index in [1.54, 1.807) is 0 Å². The monoisotopic (exact) mass is 294 g/mol. The van der Waals surface area contributed by atoms with Gasteiger partial charge in [0, 0.05) is 30.4 Å². The van der Waals surface area contributed by atoms with E-state index in [1.807, 2.05) is 4.68 Å². The van der Waals surface area contributed by atoms with Crippen molar-refractivity contribution in [2.45, 2.75) is 72.0 Å². The highest BCUT2D eigenvalue weighted by molar-refractivity contribution is 7.80. The molecule has 20 heavy (non-hydrogen) atoms. The van der Waals surface area contributed by atoms with Gasteiger partial charge in [0.1, 0.15) is 0 Å². The molecular weight excluding hydrogens is 268 g/mol. The first kappa shape index (κ1) is 15.3. The van der Waals surface area contributed by atoms with Gasteiger partial charge in [0.2, 0.25) is 0 Å². The Hall–Kier alpha value is -1.10. The number of nitrogens with zero attached hydrogens (tertiary/aromatic N) is 2. The second kappa shape index (κ2) is 7.07. The third-order valence-electron chi connectivity index (χ3n) is 4.20. The first-order valence-electron chi connectivity index (χ1n) is 7.69. The van der Waals surface area contributed by atoms with Crippen molar-refractivity contribution in [3.8, 4) is 0 Å². The number of hydrogen-bond acceptors (Lipinski definition) is 2. The molecule has 1 aliphatic carbocycles. The molecule has 2 rings (SSSR count). The SMILES string of the molecule is CCn1nc(C)c(CNC(=S)NC2CCCCC2)c1C. The molecule has 0 bridgehead atoms. The Morgan fingerprint density at radius 1 is 1.30 bits per heavy atom. The van der Waals surface area contributed by atoms with Gasteiger partial charge >= 0.3 is 0 Å². The van der Waals surface area contributed by atoms with E-state index >= 15 is 0 Å². The molecule has 0 aliphatic heterocycles. The molecule has 0 spiro atoms. The van der Waals surface area contributed by atoms with Gasteiger partial charge in [-0.3, -0.25) is 4.68 Å². The van der Waals surface area contributed by atoms with Crippen molar-refractivity contribution in [2.24, 2.45) is 0 Å². The highest BCUT2D eigenvalue weighted by Gasteiger charge is 2.15. The molecule has 1 fully saturated rings. The lowest BCUT2D eigenvalue weighted by molar-refractivity contribution is 0.412. The summed E-state index contributed by atoms with van der Waals surface area (Å²) < 4.78 is 2.05. The van der Waals surface area contributed by atoms with Crippen LogP contribution in [-0.4, -0.2) is 20.9 Å². The van der Waals surface area contributed by atoms with Crippen molar-refractivity contribution in [3.63, 3.8) is 0 Å². The topological polar surface area (TPSA) is 41.9 Å². The van der Waals surface area contributed by atoms with Crippen LogP contribution in [0.3, 0.4) is 0 Å².